The molecule has 3 N–H and O–H groups in total. The standard InChI is InChI=1S/C14H19N3O/c1-10(2)16-13(18)7-9-17-8-6-11-4-3-5-12(15)14(11)17/h3-6,8,10H,7,9,15H2,1-2H3,(H,16,18). The van der Waals surface area contributed by atoms with E-state index < -0.39 is 0 Å². The summed E-state index contributed by atoms with van der Waals surface area (Å²) in [5.41, 5.74) is 7.73. The third-order valence-corrected chi connectivity index (χ3v) is 2.85. The molecule has 0 spiro atoms. The fourth-order valence-corrected chi connectivity index (χ4v) is 2.09. The maximum atomic E-state index is 11.6. The topological polar surface area (TPSA) is 60.0 Å². The predicted molar refractivity (Wildman–Crippen MR) is 74.2 cm³/mol. The van der Waals surface area contributed by atoms with Crippen molar-refractivity contribution >= 4 is 22.5 Å². The van der Waals surface area contributed by atoms with Crippen LogP contribution in [0.2, 0.25) is 0 Å². The minimum atomic E-state index is 0.0707. The van der Waals surface area contributed by atoms with E-state index in [-0.39, 0.29) is 11.9 Å². The molecule has 18 heavy (non-hydrogen) atoms. The molecule has 0 aliphatic rings. The molecule has 0 radical (unpaired) electrons. The predicted octanol–water partition coefficient (Wildman–Crippen LogP) is 2.14. The van der Waals surface area contributed by atoms with Crippen LogP contribution in [0.25, 0.3) is 10.9 Å². The van der Waals surface area contributed by atoms with E-state index in [0.29, 0.717) is 13.0 Å². The van der Waals surface area contributed by atoms with Gasteiger partial charge in [-0.25, -0.2) is 0 Å². The van der Waals surface area contributed by atoms with Gasteiger partial charge in [-0.1, -0.05) is 12.1 Å². The number of hydrogen-bond donors (Lipinski definition) is 2. The van der Waals surface area contributed by atoms with Crippen molar-refractivity contribution in [1.82, 2.24) is 9.88 Å². The normalized spacial score (nSPS) is 11.1. The first kappa shape index (κ1) is 12.5. The van der Waals surface area contributed by atoms with E-state index in [0.717, 1.165) is 16.6 Å². The average Bonchev–Trinajstić information content (AvgIpc) is 2.70. The Bertz CT molecular complexity index is 557. The van der Waals surface area contributed by atoms with E-state index in [2.05, 4.69) is 5.32 Å². The molecular formula is C14H19N3O. The van der Waals surface area contributed by atoms with Gasteiger partial charge in [0.15, 0.2) is 0 Å². The summed E-state index contributed by atoms with van der Waals surface area (Å²) in [6.45, 7) is 4.57. The molecule has 2 aromatic rings. The third kappa shape index (κ3) is 2.64. The fraction of sp³-hybridized carbons (Fsp3) is 0.357. The van der Waals surface area contributed by atoms with Gasteiger partial charge in [0.1, 0.15) is 0 Å². The molecule has 96 valence electrons. The first-order valence-electron chi connectivity index (χ1n) is 6.20. The highest BCUT2D eigenvalue weighted by Gasteiger charge is 2.07. The van der Waals surface area contributed by atoms with E-state index in [4.69, 9.17) is 5.73 Å². The quantitative estimate of drug-likeness (QED) is 0.811. The lowest BCUT2D eigenvalue weighted by Crippen LogP contribution is -2.30. The van der Waals surface area contributed by atoms with Gasteiger partial charge in [0.25, 0.3) is 0 Å². The van der Waals surface area contributed by atoms with Crippen LogP contribution in [-0.2, 0) is 11.3 Å². The van der Waals surface area contributed by atoms with Gasteiger partial charge in [-0.15, -0.1) is 0 Å². The minimum Gasteiger partial charge on any atom is -0.397 e. The number of rotatable bonds is 4. The van der Waals surface area contributed by atoms with Gasteiger partial charge in [0, 0.05) is 30.6 Å². The lowest BCUT2D eigenvalue weighted by atomic mass is 10.2. The number of aromatic nitrogens is 1. The Hall–Kier alpha value is -1.97. The smallest absolute Gasteiger partial charge is 0.221 e. The second kappa shape index (κ2) is 5.12. The summed E-state index contributed by atoms with van der Waals surface area (Å²) in [5.74, 6) is 0.0707. The largest absolute Gasteiger partial charge is 0.397 e. The molecule has 2 rings (SSSR count). The summed E-state index contributed by atoms with van der Waals surface area (Å²) in [4.78, 5) is 11.6. The van der Waals surface area contributed by atoms with Crippen LogP contribution in [0.4, 0.5) is 5.69 Å². The number of aryl methyl sites for hydroxylation is 1. The summed E-state index contributed by atoms with van der Waals surface area (Å²) in [5, 5.41) is 3.99. The number of carbonyl (C=O) groups excluding carboxylic acids is 1. The van der Waals surface area contributed by atoms with Crippen LogP contribution in [0.15, 0.2) is 30.5 Å². The molecule has 1 aromatic heterocycles. The van der Waals surface area contributed by atoms with E-state index in [9.17, 15) is 4.79 Å². The maximum Gasteiger partial charge on any atom is 0.221 e. The van der Waals surface area contributed by atoms with Gasteiger partial charge < -0.3 is 15.6 Å². The van der Waals surface area contributed by atoms with E-state index in [1.165, 1.54) is 0 Å². The van der Waals surface area contributed by atoms with Crippen molar-refractivity contribution in [2.24, 2.45) is 0 Å². The van der Waals surface area contributed by atoms with Crippen molar-refractivity contribution in [3.8, 4) is 0 Å². The van der Waals surface area contributed by atoms with Crippen LogP contribution >= 0.6 is 0 Å². The molecular weight excluding hydrogens is 226 g/mol. The van der Waals surface area contributed by atoms with E-state index in [1.54, 1.807) is 0 Å². The number of amides is 1. The molecule has 0 atom stereocenters. The van der Waals surface area contributed by atoms with Gasteiger partial charge in [-0.3, -0.25) is 4.79 Å². The highest BCUT2D eigenvalue weighted by molar-refractivity contribution is 5.90. The summed E-state index contributed by atoms with van der Waals surface area (Å²) in [7, 11) is 0. The zero-order valence-corrected chi connectivity index (χ0v) is 10.8. The molecule has 0 saturated carbocycles. The van der Waals surface area contributed by atoms with Gasteiger partial charge in [-0.05, 0) is 26.0 Å². The van der Waals surface area contributed by atoms with Gasteiger partial charge in [-0.2, -0.15) is 0 Å². The van der Waals surface area contributed by atoms with Crippen LogP contribution in [0.3, 0.4) is 0 Å². The number of benzene rings is 1. The third-order valence-electron chi connectivity index (χ3n) is 2.85. The van der Waals surface area contributed by atoms with Crippen molar-refractivity contribution in [3.63, 3.8) is 0 Å². The number of nitrogens with two attached hydrogens (primary N) is 1. The number of nitrogen functional groups attached to an aromatic ring is 1. The van der Waals surface area contributed by atoms with Crippen LogP contribution in [0.5, 0.6) is 0 Å². The lowest BCUT2D eigenvalue weighted by Gasteiger charge is -2.10. The molecule has 1 heterocycles. The lowest BCUT2D eigenvalue weighted by molar-refractivity contribution is -0.121. The second-order valence-electron chi connectivity index (χ2n) is 4.77. The number of fused-ring (bicyclic) bond motifs is 1. The SMILES string of the molecule is CC(C)NC(=O)CCn1ccc2cccc(N)c21. The molecule has 0 fully saturated rings. The Morgan fingerprint density at radius 2 is 2.17 bits per heavy atom. The summed E-state index contributed by atoms with van der Waals surface area (Å²) in [6, 6.07) is 8.05. The summed E-state index contributed by atoms with van der Waals surface area (Å²) >= 11 is 0. The molecule has 1 aromatic carbocycles. The molecule has 1 amide bonds. The number of hydrogen-bond acceptors (Lipinski definition) is 2. The van der Waals surface area contributed by atoms with Crippen molar-refractivity contribution < 1.29 is 4.79 Å². The maximum absolute atomic E-state index is 11.6. The van der Waals surface area contributed by atoms with Crippen molar-refractivity contribution in [3.05, 3.63) is 30.5 Å². The molecule has 0 saturated heterocycles. The number of para-hydroxylation sites is 1. The fourth-order valence-electron chi connectivity index (χ4n) is 2.09. The molecule has 4 heteroatoms. The highest BCUT2D eigenvalue weighted by Crippen LogP contribution is 2.22. The second-order valence-corrected chi connectivity index (χ2v) is 4.77. The Morgan fingerprint density at radius 3 is 2.89 bits per heavy atom. The van der Waals surface area contributed by atoms with Crippen molar-refractivity contribution in [1.29, 1.82) is 0 Å². The van der Waals surface area contributed by atoms with Crippen LogP contribution in [0, 0.1) is 0 Å². The number of carbonyl (C=O) groups is 1. The summed E-state index contributed by atoms with van der Waals surface area (Å²) in [6.07, 6.45) is 2.44. The average molecular weight is 245 g/mol. The van der Waals surface area contributed by atoms with Crippen LogP contribution in [-0.4, -0.2) is 16.5 Å². The molecule has 0 aliphatic heterocycles. The monoisotopic (exact) mass is 245 g/mol. The Labute approximate surface area is 107 Å². The van der Waals surface area contributed by atoms with Crippen molar-refractivity contribution in [2.75, 3.05) is 5.73 Å². The zero-order valence-electron chi connectivity index (χ0n) is 10.8. The van der Waals surface area contributed by atoms with Gasteiger partial charge in [0.05, 0.1) is 11.2 Å². The van der Waals surface area contributed by atoms with Crippen molar-refractivity contribution in [2.45, 2.75) is 32.9 Å². The Balaban J connectivity index is 2.11. The van der Waals surface area contributed by atoms with Gasteiger partial charge >= 0.3 is 0 Å². The zero-order chi connectivity index (χ0) is 13.1. The molecule has 0 bridgehead atoms. The Morgan fingerprint density at radius 1 is 1.39 bits per heavy atom. The Kier molecular flexibility index (Phi) is 3.55. The highest BCUT2D eigenvalue weighted by atomic mass is 16.1. The molecule has 0 unspecified atom stereocenters. The van der Waals surface area contributed by atoms with Crippen LogP contribution < -0.4 is 11.1 Å². The molecule has 4 nitrogen and oxygen atoms in total. The number of nitrogens with zero attached hydrogens (tertiary/aromatic N) is 1. The minimum absolute atomic E-state index is 0.0707. The first-order chi connectivity index (χ1) is 8.58. The van der Waals surface area contributed by atoms with Gasteiger partial charge in [0.2, 0.25) is 5.91 Å². The number of nitrogens with one attached hydrogen (secondary N) is 1. The van der Waals surface area contributed by atoms with E-state index >= 15 is 0 Å². The van der Waals surface area contributed by atoms with E-state index in [1.807, 2.05) is 48.9 Å². The molecule has 0 aliphatic carbocycles. The summed E-state index contributed by atoms with van der Waals surface area (Å²) < 4.78 is 2.03. The number of anilines is 1. The van der Waals surface area contributed by atoms with Crippen LogP contribution in [0.1, 0.15) is 20.3 Å². The first-order valence-corrected chi connectivity index (χ1v) is 6.20.